The lowest BCUT2D eigenvalue weighted by Gasteiger charge is -2.11. The summed E-state index contributed by atoms with van der Waals surface area (Å²) in [6.45, 7) is 12.3. The Morgan fingerprint density at radius 3 is 2.25 bits per heavy atom. The van der Waals surface area contributed by atoms with Crippen LogP contribution >= 0.6 is 0 Å². The molecule has 0 rings (SSSR count). The standard InChI is InChI=1S/C10H16O2/c1-4-7-11-9-10(6-3)12-8-5-2/h4-6,10H,1-3,7-9H2. The van der Waals surface area contributed by atoms with Crippen LogP contribution in [0.25, 0.3) is 0 Å². The maximum atomic E-state index is 5.29. The van der Waals surface area contributed by atoms with Crippen LogP contribution in [-0.4, -0.2) is 25.9 Å². The molecule has 0 aliphatic rings. The first-order chi connectivity index (χ1) is 5.85. The molecule has 0 fully saturated rings. The monoisotopic (exact) mass is 168 g/mol. The molecule has 2 nitrogen and oxygen atoms in total. The molecule has 1 atom stereocenters. The second kappa shape index (κ2) is 8.24. The fraction of sp³-hybridized carbons (Fsp3) is 0.400. The molecule has 1 unspecified atom stereocenters. The molecule has 0 aromatic carbocycles. The van der Waals surface area contributed by atoms with Gasteiger partial charge in [0.1, 0.15) is 0 Å². The van der Waals surface area contributed by atoms with Gasteiger partial charge in [-0.2, -0.15) is 0 Å². The van der Waals surface area contributed by atoms with E-state index in [1.54, 1.807) is 18.2 Å². The molecule has 0 aromatic heterocycles. The van der Waals surface area contributed by atoms with Crippen LogP contribution in [0.1, 0.15) is 0 Å². The Morgan fingerprint density at radius 2 is 1.75 bits per heavy atom. The van der Waals surface area contributed by atoms with E-state index in [1.165, 1.54) is 0 Å². The predicted octanol–water partition coefficient (Wildman–Crippen LogP) is 1.95. The van der Waals surface area contributed by atoms with Crippen LogP contribution in [0.2, 0.25) is 0 Å². The van der Waals surface area contributed by atoms with Crippen LogP contribution in [0.15, 0.2) is 38.0 Å². The average Bonchev–Trinajstić information content (AvgIpc) is 2.11. The Labute approximate surface area is 74.2 Å². The lowest BCUT2D eigenvalue weighted by molar-refractivity contribution is 0.0289. The summed E-state index contributed by atoms with van der Waals surface area (Å²) in [5.41, 5.74) is 0. The van der Waals surface area contributed by atoms with Gasteiger partial charge in [0.2, 0.25) is 0 Å². The zero-order valence-corrected chi connectivity index (χ0v) is 7.37. The first-order valence-electron chi connectivity index (χ1n) is 3.88. The highest BCUT2D eigenvalue weighted by Gasteiger charge is 2.01. The van der Waals surface area contributed by atoms with E-state index in [0.29, 0.717) is 19.8 Å². The zero-order chi connectivity index (χ0) is 9.23. The Balaban J connectivity index is 3.44. The molecular formula is C10H16O2. The lowest BCUT2D eigenvalue weighted by Crippen LogP contribution is -2.17. The van der Waals surface area contributed by atoms with Gasteiger partial charge in [-0.1, -0.05) is 18.2 Å². The SMILES string of the molecule is C=CCOCC(C=C)OCC=C. The van der Waals surface area contributed by atoms with Crippen LogP contribution in [-0.2, 0) is 9.47 Å². The summed E-state index contributed by atoms with van der Waals surface area (Å²) in [6, 6.07) is 0. The first-order valence-corrected chi connectivity index (χ1v) is 3.88. The van der Waals surface area contributed by atoms with Gasteiger partial charge in [0, 0.05) is 0 Å². The first kappa shape index (κ1) is 11.1. The second-order valence-electron chi connectivity index (χ2n) is 2.22. The van der Waals surface area contributed by atoms with Gasteiger partial charge in [0.25, 0.3) is 0 Å². The van der Waals surface area contributed by atoms with Gasteiger partial charge in [-0.25, -0.2) is 0 Å². The fourth-order valence-electron chi connectivity index (χ4n) is 0.643. The van der Waals surface area contributed by atoms with Gasteiger partial charge in [-0.3, -0.25) is 0 Å². The summed E-state index contributed by atoms with van der Waals surface area (Å²) in [4.78, 5) is 0. The second-order valence-corrected chi connectivity index (χ2v) is 2.22. The van der Waals surface area contributed by atoms with Crippen molar-refractivity contribution in [1.82, 2.24) is 0 Å². The van der Waals surface area contributed by atoms with E-state index in [2.05, 4.69) is 19.7 Å². The van der Waals surface area contributed by atoms with Crippen molar-refractivity contribution < 1.29 is 9.47 Å². The van der Waals surface area contributed by atoms with Crippen LogP contribution in [0.5, 0.6) is 0 Å². The Bertz CT molecular complexity index is 141. The predicted molar refractivity (Wildman–Crippen MR) is 51.2 cm³/mol. The van der Waals surface area contributed by atoms with Crippen molar-refractivity contribution in [2.75, 3.05) is 19.8 Å². The largest absolute Gasteiger partial charge is 0.374 e. The van der Waals surface area contributed by atoms with Gasteiger partial charge >= 0.3 is 0 Å². The minimum Gasteiger partial charge on any atom is -0.374 e. The Kier molecular flexibility index (Phi) is 7.65. The number of hydrogen-bond donors (Lipinski definition) is 0. The van der Waals surface area contributed by atoms with Crippen LogP contribution in [0.3, 0.4) is 0 Å². The quantitative estimate of drug-likeness (QED) is 0.407. The summed E-state index contributed by atoms with van der Waals surface area (Å²) < 4.78 is 10.5. The summed E-state index contributed by atoms with van der Waals surface area (Å²) in [7, 11) is 0. The minimum absolute atomic E-state index is 0.0528. The third-order valence-electron chi connectivity index (χ3n) is 1.21. The molecule has 0 amide bonds. The number of rotatable bonds is 8. The highest BCUT2D eigenvalue weighted by Crippen LogP contribution is 1.94. The van der Waals surface area contributed by atoms with E-state index >= 15 is 0 Å². The van der Waals surface area contributed by atoms with Crippen LogP contribution < -0.4 is 0 Å². The summed E-state index contributed by atoms with van der Waals surface area (Å²) >= 11 is 0. The van der Waals surface area contributed by atoms with Crippen molar-refractivity contribution in [2.45, 2.75) is 6.10 Å². The molecule has 0 aromatic rings. The van der Waals surface area contributed by atoms with Crippen molar-refractivity contribution in [3.05, 3.63) is 38.0 Å². The lowest BCUT2D eigenvalue weighted by atomic mass is 10.4. The maximum absolute atomic E-state index is 5.29. The van der Waals surface area contributed by atoms with Gasteiger partial charge in [0.15, 0.2) is 0 Å². The van der Waals surface area contributed by atoms with Gasteiger partial charge in [-0.05, 0) is 0 Å². The van der Waals surface area contributed by atoms with E-state index in [4.69, 9.17) is 9.47 Å². The molecule has 0 N–H and O–H groups in total. The van der Waals surface area contributed by atoms with Crippen LogP contribution in [0, 0.1) is 0 Å². The highest BCUT2D eigenvalue weighted by atomic mass is 16.5. The molecule has 68 valence electrons. The van der Waals surface area contributed by atoms with Crippen LogP contribution in [0.4, 0.5) is 0 Å². The zero-order valence-electron chi connectivity index (χ0n) is 7.37. The molecule has 2 heteroatoms. The summed E-state index contributed by atoms with van der Waals surface area (Å²) in [6.07, 6.45) is 5.06. The Hall–Kier alpha value is -0.860. The molecule has 0 aliphatic carbocycles. The minimum atomic E-state index is -0.0528. The van der Waals surface area contributed by atoms with Crippen molar-refractivity contribution in [3.8, 4) is 0 Å². The molecule has 0 saturated heterocycles. The van der Waals surface area contributed by atoms with Gasteiger partial charge in [-0.15, -0.1) is 19.7 Å². The molecule has 0 heterocycles. The smallest absolute Gasteiger partial charge is 0.0991 e. The van der Waals surface area contributed by atoms with E-state index in [9.17, 15) is 0 Å². The van der Waals surface area contributed by atoms with E-state index in [0.717, 1.165) is 0 Å². The molecule has 0 saturated carbocycles. The molecule has 0 spiro atoms. The van der Waals surface area contributed by atoms with E-state index < -0.39 is 0 Å². The van der Waals surface area contributed by atoms with E-state index in [-0.39, 0.29) is 6.10 Å². The fourth-order valence-corrected chi connectivity index (χ4v) is 0.643. The van der Waals surface area contributed by atoms with Crippen molar-refractivity contribution >= 4 is 0 Å². The van der Waals surface area contributed by atoms with Crippen molar-refractivity contribution in [2.24, 2.45) is 0 Å². The topological polar surface area (TPSA) is 18.5 Å². The van der Waals surface area contributed by atoms with Crippen molar-refractivity contribution in [3.63, 3.8) is 0 Å². The summed E-state index contributed by atoms with van der Waals surface area (Å²) in [5.74, 6) is 0. The number of hydrogen-bond acceptors (Lipinski definition) is 2. The van der Waals surface area contributed by atoms with Gasteiger partial charge in [0.05, 0.1) is 25.9 Å². The Morgan fingerprint density at radius 1 is 1.08 bits per heavy atom. The third-order valence-corrected chi connectivity index (χ3v) is 1.21. The average molecular weight is 168 g/mol. The third kappa shape index (κ3) is 5.89. The molecule has 12 heavy (non-hydrogen) atoms. The van der Waals surface area contributed by atoms with Crippen molar-refractivity contribution in [1.29, 1.82) is 0 Å². The molecule has 0 aliphatic heterocycles. The number of ether oxygens (including phenoxy) is 2. The molecule has 0 bridgehead atoms. The van der Waals surface area contributed by atoms with Gasteiger partial charge < -0.3 is 9.47 Å². The molecule has 0 radical (unpaired) electrons. The summed E-state index contributed by atoms with van der Waals surface area (Å²) in [5, 5.41) is 0. The normalized spacial score (nSPS) is 12.0. The molecular weight excluding hydrogens is 152 g/mol. The highest BCUT2D eigenvalue weighted by molar-refractivity contribution is 4.81. The van der Waals surface area contributed by atoms with E-state index in [1.807, 2.05) is 0 Å². The maximum Gasteiger partial charge on any atom is 0.0991 e.